The minimum atomic E-state index is -0.00335. The van der Waals surface area contributed by atoms with Gasteiger partial charge < -0.3 is 10.2 Å². The fourth-order valence-corrected chi connectivity index (χ4v) is 5.01. The van der Waals surface area contributed by atoms with Crippen LogP contribution in [0.5, 0.6) is 0 Å². The van der Waals surface area contributed by atoms with E-state index in [1.54, 1.807) is 6.08 Å². The number of carbonyl (C=O) groups is 2. The zero-order valence-electron chi connectivity index (χ0n) is 18.1. The van der Waals surface area contributed by atoms with Crippen LogP contribution in [0, 0.1) is 5.92 Å². The summed E-state index contributed by atoms with van der Waals surface area (Å²) < 4.78 is 0. The molecule has 0 atom stereocenters. The van der Waals surface area contributed by atoms with E-state index in [-0.39, 0.29) is 23.1 Å². The molecule has 2 aliphatic rings. The van der Waals surface area contributed by atoms with Gasteiger partial charge in [-0.15, -0.1) is 0 Å². The second-order valence-electron chi connectivity index (χ2n) is 8.91. The van der Waals surface area contributed by atoms with E-state index in [0.717, 1.165) is 37.8 Å². The first kappa shape index (κ1) is 21.4. The molecule has 162 valence electrons. The van der Waals surface area contributed by atoms with E-state index in [2.05, 4.69) is 35.6 Å². The predicted octanol–water partition coefficient (Wildman–Crippen LogP) is 4.57. The Kier molecular flexibility index (Phi) is 6.86. The summed E-state index contributed by atoms with van der Waals surface area (Å²) in [7, 11) is 0. The second kappa shape index (κ2) is 9.95. The van der Waals surface area contributed by atoms with E-state index in [1.165, 1.54) is 18.4 Å². The number of piperidine rings is 1. The molecule has 2 aromatic carbocycles. The molecule has 4 heteroatoms. The van der Waals surface area contributed by atoms with Crippen molar-refractivity contribution in [1.29, 1.82) is 0 Å². The van der Waals surface area contributed by atoms with Crippen LogP contribution in [0.15, 0.2) is 66.7 Å². The number of nitrogens with one attached hydrogen (secondary N) is 1. The molecule has 2 fully saturated rings. The summed E-state index contributed by atoms with van der Waals surface area (Å²) >= 11 is 0. The molecule has 1 heterocycles. The molecule has 4 rings (SSSR count). The molecule has 2 aromatic rings. The van der Waals surface area contributed by atoms with E-state index < -0.39 is 0 Å². The van der Waals surface area contributed by atoms with Crippen LogP contribution < -0.4 is 5.32 Å². The number of nitrogens with zero attached hydrogens (tertiary/aromatic N) is 1. The van der Waals surface area contributed by atoms with Crippen molar-refractivity contribution in [3.8, 4) is 0 Å². The number of benzene rings is 2. The maximum Gasteiger partial charge on any atom is 0.246 e. The van der Waals surface area contributed by atoms with E-state index in [9.17, 15) is 9.59 Å². The fraction of sp³-hybridized carbons (Fsp3) is 0.407. The Hall–Kier alpha value is -2.88. The molecule has 0 radical (unpaired) electrons. The van der Waals surface area contributed by atoms with Crippen molar-refractivity contribution in [3.63, 3.8) is 0 Å². The van der Waals surface area contributed by atoms with Crippen molar-refractivity contribution >= 4 is 17.9 Å². The summed E-state index contributed by atoms with van der Waals surface area (Å²) in [6.45, 7) is 1.99. The molecule has 0 aromatic heterocycles. The SMILES string of the molecule is O=C(NCC1(c2ccccc2)CCCC1)C1CCN(C(=O)/C=C/c2ccccc2)CC1. The van der Waals surface area contributed by atoms with E-state index in [4.69, 9.17) is 0 Å². The van der Waals surface area contributed by atoms with Gasteiger partial charge in [-0.25, -0.2) is 0 Å². The molecule has 1 aliphatic heterocycles. The lowest BCUT2D eigenvalue weighted by Crippen LogP contribution is -2.45. The average molecular weight is 417 g/mol. The summed E-state index contributed by atoms with van der Waals surface area (Å²) in [4.78, 5) is 27.2. The largest absolute Gasteiger partial charge is 0.355 e. The van der Waals surface area contributed by atoms with Gasteiger partial charge in [-0.1, -0.05) is 73.5 Å². The Morgan fingerprint density at radius 3 is 2.19 bits per heavy atom. The van der Waals surface area contributed by atoms with Gasteiger partial charge in [-0.2, -0.15) is 0 Å². The summed E-state index contributed by atoms with van der Waals surface area (Å²) in [5.74, 6) is 0.169. The highest BCUT2D eigenvalue weighted by Gasteiger charge is 2.36. The minimum Gasteiger partial charge on any atom is -0.355 e. The normalized spacial score (nSPS) is 18.9. The third-order valence-corrected chi connectivity index (χ3v) is 6.94. The quantitative estimate of drug-likeness (QED) is 0.702. The molecular weight excluding hydrogens is 384 g/mol. The van der Waals surface area contributed by atoms with Gasteiger partial charge in [0.1, 0.15) is 0 Å². The topological polar surface area (TPSA) is 49.4 Å². The highest BCUT2D eigenvalue weighted by Crippen LogP contribution is 2.40. The minimum absolute atomic E-state index is 0.00335. The van der Waals surface area contributed by atoms with Crippen molar-refractivity contribution in [2.45, 2.75) is 43.9 Å². The first-order valence-corrected chi connectivity index (χ1v) is 11.5. The molecule has 1 saturated heterocycles. The van der Waals surface area contributed by atoms with Gasteiger partial charge in [0.2, 0.25) is 11.8 Å². The summed E-state index contributed by atoms with van der Waals surface area (Å²) in [5.41, 5.74) is 2.44. The number of likely N-dealkylation sites (tertiary alicyclic amines) is 1. The van der Waals surface area contributed by atoms with Crippen LogP contribution in [0.1, 0.15) is 49.7 Å². The first-order valence-electron chi connectivity index (χ1n) is 11.5. The summed E-state index contributed by atoms with van der Waals surface area (Å²) in [5, 5.41) is 3.27. The molecule has 0 unspecified atom stereocenters. The van der Waals surface area contributed by atoms with Crippen molar-refractivity contribution < 1.29 is 9.59 Å². The molecule has 1 N–H and O–H groups in total. The highest BCUT2D eigenvalue weighted by atomic mass is 16.2. The van der Waals surface area contributed by atoms with Gasteiger partial charge >= 0.3 is 0 Å². The smallest absolute Gasteiger partial charge is 0.246 e. The van der Waals surface area contributed by atoms with Crippen LogP contribution in [0.25, 0.3) is 6.08 Å². The molecule has 1 aliphatic carbocycles. The van der Waals surface area contributed by atoms with Gasteiger partial charge in [-0.3, -0.25) is 9.59 Å². The Morgan fingerprint density at radius 2 is 1.55 bits per heavy atom. The lowest BCUT2D eigenvalue weighted by molar-refractivity contribution is -0.132. The first-order chi connectivity index (χ1) is 15.2. The summed E-state index contributed by atoms with van der Waals surface area (Å²) in [6.07, 6.45) is 9.68. The summed E-state index contributed by atoms with van der Waals surface area (Å²) in [6, 6.07) is 20.5. The molecule has 0 bridgehead atoms. The maximum absolute atomic E-state index is 12.9. The zero-order chi connectivity index (χ0) is 21.5. The molecule has 2 amide bonds. The third-order valence-electron chi connectivity index (χ3n) is 6.94. The number of hydrogen-bond donors (Lipinski definition) is 1. The van der Waals surface area contributed by atoms with Crippen molar-refractivity contribution in [2.24, 2.45) is 5.92 Å². The van der Waals surface area contributed by atoms with Crippen molar-refractivity contribution in [3.05, 3.63) is 77.9 Å². The lowest BCUT2D eigenvalue weighted by atomic mass is 9.78. The molecule has 0 spiro atoms. The zero-order valence-corrected chi connectivity index (χ0v) is 18.1. The van der Waals surface area contributed by atoms with E-state index in [1.807, 2.05) is 41.3 Å². The van der Waals surface area contributed by atoms with Crippen LogP contribution in [0.2, 0.25) is 0 Å². The van der Waals surface area contributed by atoms with Crippen LogP contribution in [0.3, 0.4) is 0 Å². The standard InChI is InChI=1S/C27H32N2O2/c30-25(14-13-22-9-3-1-4-10-22)29-19-15-23(16-20-29)26(31)28-21-27(17-7-8-18-27)24-11-5-2-6-12-24/h1-6,9-14,23H,7-8,15-21H2,(H,28,31)/b14-13+. The van der Waals surface area contributed by atoms with Gasteiger partial charge in [0, 0.05) is 37.0 Å². The maximum atomic E-state index is 12.9. The van der Waals surface area contributed by atoms with Crippen molar-refractivity contribution in [1.82, 2.24) is 10.2 Å². The molecule has 1 saturated carbocycles. The van der Waals surface area contributed by atoms with Crippen LogP contribution in [-0.2, 0) is 15.0 Å². The molecular formula is C27H32N2O2. The lowest BCUT2D eigenvalue weighted by Gasteiger charge is -2.33. The van der Waals surface area contributed by atoms with Gasteiger partial charge in [-0.05, 0) is 42.9 Å². The monoisotopic (exact) mass is 416 g/mol. The van der Waals surface area contributed by atoms with E-state index in [0.29, 0.717) is 13.1 Å². The molecule has 31 heavy (non-hydrogen) atoms. The Labute approximate surface area is 185 Å². The van der Waals surface area contributed by atoms with Crippen LogP contribution >= 0.6 is 0 Å². The van der Waals surface area contributed by atoms with Gasteiger partial charge in [0.05, 0.1) is 0 Å². The van der Waals surface area contributed by atoms with Gasteiger partial charge in [0.25, 0.3) is 0 Å². The van der Waals surface area contributed by atoms with Crippen LogP contribution in [0.4, 0.5) is 0 Å². The molecule has 4 nitrogen and oxygen atoms in total. The van der Waals surface area contributed by atoms with Crippen LogP contribution in [-0.4, -0.2) is 36.3 Å². The Bertz CT molecular complexity index is 893. The average Bonchev–Trinajstić information content (AvgIpc) is 3.32. The number of rotatable bonds is 6. The Morgan fingerprint density at radius 1 is 0.935 bits per heavy atom. The third kappa shape index (κ3) is 5.25. The Balaban J connectivity index is 1.27. The van der Waals surface area contributed by atoms with E-state index >= 15 is 0 Å². The predicted molar refractivity (Wildman–Crippen MR) is 124 cm³/mol. The van der Waals surface area contributed by atoms with Crippen molar-refractivity contribution in [2.75, 3.05) is 19.6 Å². The number of amides is 2. The highest BCUT2D eigenvalue weighted by molar-refractivity contribution is 5.92. The number of carbonyl (C=O) groups excluding carboxylic acids is 2. The fourth-order valence-electron chi connectivity index (χ4n) is 5.01. The number of hydrogen-bond acceptors (Lipinski definition) is 2. The second-order valence-corrected chi connectivity index (χ2v) is 8.91. The van der Waals surface area contributed by atoms with Gasteiger partial charge in [0.15, 0.2) is 0 Å².